The van der Waals surface area contributed by atoms with Gasteiger partial charge >= 0.3 is 0 Å². The topological polar surface area (TPSA) is 72.6 Å². The van der Waals surface area contributed by atoms with Crippen LogP contribution < -0.4 is 5.73 Å². The monoisotopic (exact) mass is 286 g/mol. The molecule has 5 nitrogen and oxygen atoms in total. The minimum Gasteiger partial charge on any atom is -0.396 e. The van der Waals surface area contributed by atoms with Crippen LogP contribution in [0.5, 0.6) is 0 Å². The van der Waals surface area contributed by atoms with E-state index < -0.39 is 16.6 Å². The number of nitrogen functional groups attached to an aromatic ring is 1. The van der Waals surface area contributed by atoms with Crippen LogP contribution in [-0.4, -0.2) is 47.1 Å². The first-order valence-corrected chi connectivity index (χ1v) is 7.19. The largest absolute Gasteiger partial charge is 0.396 e. The van der Waals surface area contributed by atoms with Gasteiger partial charge in [-0.1, -0.05) is 0 Å². The van der Waals surface area contributed by atoms with Crippen molar-refractivity contribution in [2.75, 3.05) is 37.8 Å². The van der Waals surface area contributed by atoms with Crippen LogP contribution in [0.25, 0.3) is 0 Å². The number of rotatable bonds is 3. The van der Waals surface area contributed by atoms with E-state index in [0.29, 0.717) is 26.3 Å². The normalized spacial score (nSPS) is 17.2. The number of hydrogen-bond donors (Lipinski definition) is 1. The molecule has 1 aliphatic heterocycles. The van der Waals surface area contributed by atoms with E-state index in [9.17, 15) is 13.4 Å². The van der Waals surface area contributed by atoms with Crippen LogP contribution in [0.15, 0.2) is 23.1 Å². The third-order valence-electron chi connectivity index (χ3n) is 2.85. The number of hydrogen-bond acceptors (Lipinski definition) is 4. The van der Waals surface area contributed by atoms with Gasteiger partial charge in [-0.05, 0) is 18.2 Å². The van der Waals surface area contributed by atoms with E-state index in [1.54, 1.807) is 4.90 Å². The highest BCUT2D eigenvalue weighted by molar-refractivity contribution is 7.85. The Bertz CT molecular complexity index is 504. The zero-order valence-corrected chi connectivity index (χ0v) is 11.1. The molecule has 0 aliphatic carbocycles. The zero-order chi connectivity index (χ0) is 13.8. The molecule has 1 amide bonds. The van der Waals surface area contributed by atoms with E-state index in [1.807, 2.05) is 0 Å². The Morgan fingerprint density at radius 1 is 1.42 bits per heavy atom. The van der Waals surface area contributed by atoms with Crippen molar-refractivity contribution in [2.45, 2.75) is 4.90 Å². The molecule has 0 spiro atoms. The first kappa shape index (κ1) is 14.0. The number of anilines is 1. The quantitative estimate of drug-likeness (QED) is 0.815. The number of carbonyl (C=O) groups is 1. The molecule has 1 aliphatic rings. The maximum Gasteiger partial charge on any atom is 0.235 e. The van der Waals surface area contributed by atoms with Crippen LogP contribution >= 0.6 is 0 Å². The van der Waals surface area contributed by atoms with Crippen LogP contribution in [0.3, 0.4) is 0 Å². The molecule has 2 N–H and O–H groups in total. The predicted molar refractivity (Wildman–Crippen MR) is 69.5 cm³/mol. The zero-order valence-electron chi connectivity index (χ0n) is 10.3. The van der Waals surface area contributed by atoms with Gasteiger partial charge in [0.15, 0.2) is 0 Å². The first-order chi connectivity index (χ1) is 9.08. The highest BCUT2D eigenvalue weighted by Crippen LogP contribution is 2.15. The summed E-state index contributed by atoms with van der Waals surface area (Å²) < 4.78 is 30.4. The van der Waals surface area contributed by atoms with Gasteiger partial charge in [0, 0.05) is 18.0 Å². The number of halogens is 1. The smallest absolute Gasteiger partial charge is 0.235 e. The second-order valence-electron chi connectivity index (χ2n) is 4.17. The van der Waals surface area contributed by atoms with Gasteiger partial charge in [0.05, 0.1) is 29.7 Å². The van der Waals surface area contributed by atoms with Gasteiger partial charge in [-0.3, -0.25) is 9.00 Å². The lowest BCUT2D eigenvalue weighted by Crippen LogP contribution is -2.42. The Balaban J connectivity index is 1.99. The molecule has 0 saturated carbocycles. The molecule has 1 atom stereocenters. The van der Waals surface area contributed by atoms with Crippen LogP contribution in [0.2, 0.25) is 0 Å². The molecule has 2 rings (SSSR count). The van der Waals surface area contributed by atoms with Crippen molar-refractivity contribution in [2.24, 2.45) is 0 Å². The summed E-state index contributed by atoms with van der Waals surface area (Å²) in [5.74, 6) is -0.980. The van der Waals surface area contributed by atoms with E-state index in [2.05, 4.69) is 0 Å². The Morgan fingerprint density at radius 2 is 2.11 bits per heavy atom. The van der Waals surface area contributed by atoms with Crippen molar-refractivity contribution in [3.63, 3.8) is 0 Å². The number of carbonyl (C=O) groups excluding carboxylic acids is 1. The number of amides is 1. The number of nitrogens with zero attached hydrogens (tertiary/aromatic N) is 1. The first-order valence-electron chi connectivity index (χ1n) is 5.87. The molecule has 1 heterocycles. The molecule has 104 valence electrons. The lowest BCUT2D eigenvalue weighted by Gasteiger charge is -2.26. The van der Waals surface area contributed by atoms with Crippen molar-refractivity contribution in [1.82, 2.24) is 4.90 Å². The van der Waals surface area contributed by atoms with Crippen LogP contribution in [0, 0.1) is 5.82 Å². The summed E-state index contributed by atoms with van der Waals surface area (Å²) in [6, 6.07) is 3.93. The highest BCUT2D eigenvalue weighted by Gasteiger charge is 2.20. The molecule has 1 unspecified atom stereocenters. The lowest BCUT2D eigenvalue weighted by molar-refractivity contribution is -0.132. The molecule has 1 fully saturated rings. The molecule has 1 aromatic carbocycles. The molecule has 1 saturated heterocycles. The molecule has 19 heavy (non-hydrogen) atoms. The van der Waals surface area contributed by atoms with Gasteiger partial charge in [0.2, 0.25) is 5.91 Å². The molecule has 1 aromatic rings. The fraction of sp³-hybridized carbons (Fsp3) is 0.417. The average Bonchev–Trinajstić information content (AvgIpc) is 2.42. The van der Waals surface area contributed by atoms with Gasteiger partial charge < -0.3 is 15.4 Å². The van der Waals surface area contributed by atoms with Crippen molar-refractivity contribution in [3.8, 4) is 0 Å². The van der Waals surface area contributed by atoms with E-state index in [1.165, 1.54) is 12.1 Å². The third-order valence-corrected chi connectivity index (χ3v) is 4.14. The van der Waals surface area contributed by atoms with Crippen molar-refractivity contribution in [3.05, 3.63) is 24.0 Å². The summed E-state index contributed by atoms with van der Waals surface area (Å²) in [7, 11) is -1.56. The summed E-state index contributed by atoms with van der Waals surface area (Å²) in [6.45, 7) is 2.00. The molecular weight excluding hydrogens is 271 g/mol. The number of benzene rings is 1. The maximum absolute atomic E-state index is 13.3. The Kier molecular flexibility index (Phi) is 4.49. The van der Waals surface area contributed by atoms with Gasteiger partial charge in [-0.15, -0.1) is 0 Å². The second-order valence-corrected chi connectivity index (χ2v) is 5.62. The SMILES string of the molecule is Nc1ccc(S(=O)CC(=O)N2CCOCC2)cc1F. The maximum atomic E-state index is 13.3. The fourth-order valence-electron chi connectivity index (χ4n) is 1.75. The molecule has 0 aromatic heterocycles. The number of morpholine rings is 1. The second kappa shape index (κ2) is 6.12. The predicted octanol–water partition coefficient (Wildman–Crippen LogP) is 0.374. The molecule has 0 bridgehead atoms. The molecule has 7 heteroatoms. The van der Waals surface area contributed by atoms with Crippen LogP contribution in [0.1, 0.15) is 0 Å². The third kappa shape index (κ3) is 3.51. The van der Waals surface area contributed by atoms with E-state index in [-0.39, 0.29) is 22.2 Å². The van der Waals surface area contributed by atoms with Crippen LogP contribution in [0.4, 0.5) is 10.1 Å². The molecular formula is C12H15FN2O3S. The average molecular weight is 286 g/mol. The summed E-state index contributed by atoms with van der Waals surface area (Å²) in [4.78, 5) is 13.8. The Labute approximate surface area is 113 Å². The van der Waals surface area contributed by atoms with E-state index >= 15 is 0 Å². The minimum atomic E-state index is -1.56. The van der Waals surface area contributed by atoms with Crippen molar-refractivity contribution >= 4 is 22.4 Å². The fourth-order valence-corrected chi connectivity index (χ4v) is 2.78. The highest BCUT2D eigenvalue weighted by atomic mass is 32.2. The number of ether oxygens (including phenoxy) is 1. The van der Waals surface area contributed by atoms with E-state index in [0.717, 1.165) is 6.07 Å². The standard InChI is InChI=1S/C12H15FN2O3S/c13-10-7-9(1-2-11(10)14)19(17)8-12(16)15-3-5-18-6-4-15/h1-2,7H,3-6,8,14H2. The van der Waals surface area contributed by atoms with Gasteiger partial charge in [0.1, 0.15) is 11.6 Å². The van der Waals surface area contributed by atoms with Gasteiger partial charge in [-0.2, -0.15) is 0 Å². The summed E-state index contributed by atoms with van der Waals surface area (Å²) in [5.41, 5.74) is 5.34. The van der Waals surface area contributed by atoms with Crippen LogP contribution in [-0.2, 0) is 20.3 Å². The summed E-state index contributed by atoms with van der Waals surface area (Å²) in [5, 5.41) is 0. The summed E-state index contributed by atoms with van der Waals surface area (Å²) >= 11 is 0. The molecule has 0 radical (unpaired) electrons. The van der Waals surface area contributed by atoms with Gasteiger partial charge in [0.25, 0.3) is 0 Å². The lowest BCUT2D eigenvalue weighted by atomic mass is 10.3. The minimum absolute atomic E-state index is 0.000237. The number of nitrogens with two attached hydrogens (primary N) is 1. The van der Waals surface area contributed by atoms with Crippen molar-refractivity contribution in [1.29, 1.82) is 0 Å². The van der Waals surface area contributed by atoms with Crippen molar-refractivity contribution < 1.29 is 18.1 Å². The Hall–Kier alpha value is -1.47. The van der Waals surface area contributed by atoms with E-state index in [4.69, 9.17) is 10.5 Å². The van der Waals surface area contributed by atoms with Gasteiger partial charge in [-0.25, -0.2) is 4.39 Å². The summed E-state index contributed by atoms with van der Waals surface area (Å²) in [6.07, 6.45) is 0. The Morgan fingerprint density at radius 3 is 2.74 bits per heavy atom.